The number of rotatable bonds is 5. The second-order valence-electron chi connectivity index (χ2n) is 7.76. The maximum Gasteiger partial charge on any atom is 0.335 e. The largest absolute Gasteiger partial charge is 0.506 e. The molecule has 0 saturated heterocycles. The number of hydrogen-bond acceptors (Lipinski definition) is 6. The molecule has 1 aliphatic heterocycles. The number of carbonyl (C=O) groups excluding carboxylic acids is 1. The minimum absolute atomic E-state index is 0.0646. The van der Waals surface area contributed by atoms with Gasteiger partial charge in [-0.2, -0.15) is 15.2 Å². The summed E-state index contributed by atoms with van der Waals surface area (Å²) in [7, 11) is 0. The molecule has 3 aromatic rings. The highest BCUT2D eigenvalue weighted by molar-refractivity contribution is 6.71. The first-order valence-corrected chi connectivity index (χ1v) is 10.2. The Labute approximate surface area is 190 Å². The summed E-state index contributed by atoms with van der Waals surface area (Å²) in [5.41, 5.74) is 8.16. The highest BCUT2D eigenvalue weighted by Crippen LogP contribution is 2.30. The summed E-state index contributed by atoms with van der Waals surface area (Å²) < 4.78 is 0. The van der Waals surface area contributed by atoms with Gasteiger partial charge in [-0.25, -0.2) is 4.79 Å². The molecule has 33 heavy (non-hydrogen) atoms. The summed E-state index contributed by atoms with van der Waals surface area (Å²) in [6, 6.07) is 16.9. The fraction of sp³-hybridized carbons (Fsp3) is 0.120. The molecule has 0 unspecified atom stereocenters. The number of anilines is 2. The maximum absolute atomic E-state index is 12.9. The fourth-order valence-electron chi connectivity index (χ4n) is 3.39. The lowest BCUT2D eigenvalue weighted by molar-refractivity contribution is -0.112. The number of hydrogen-bond donors (Lipinski definition) is 3. The normalized spacial score (nSPS) is 14.5. The highest BCUT2D eigenvalue weighted by atomic mass is 16.4. The zero-order valence-corrected chi connectivity index (χ0v) is 18.3. The number of carbonyl (C=O) groups is 2. The Morgan fingerprint density at radius 3 is 2.27 bits per heavy atom. The number of benzene rings is 3. The number of nitrogens with zero attached hydrogens (tertiary/aromatic N) is 3. The molecule has 166 valence electrons. The topological polar surface area (TPSA) is 115 Å². The maximum atomic E-state index is 12.9. The van der Waals surface area contributed by atoms with Gasteiger partial charge in [-0.1, -0.05) is 24.3 Å². The Morgan fingerprint density at radius 1 is 0.939 bits per heavy atom. The molecule has 0 radical (unpaired) electrons. The molecule has 1 amide bonds. The van der Waals surface area contributed by atoms with E-state index in [1.807, 2.05) is 32.0 Å². The number of aryl methyl sites for hydroxylation is 2. The molecule has 8 nitrogen and oxygen atoms in total. The van der Waals surface area contributed by atoms with Crippen LogP contribution < -0.4 is 10.4 Å². The average molecular weight is 442 g/mol. The number of phenolic OH excluding ortho intramolecular Hbond substituents is 1. The molecule has 1 heterocycles. The average Bonchev–Trinajstić information content (AvgIpc) is 3.08. The summed E-state index contributed by atoms with van der Waals surface area (Å²) in [5.74, 6) is -1.43. The second-order valence-corrected chi connectivity index (χ2v) is 7.76. The lowest BCUT2D eigenvalue weighted by Crippen LogP contribution is -2.28. The van der Waals surface area contributed by atoms with Crippen LogP contribution in [0.3, 0.4) is 0 Å². The molecule has 1 aliphatic rings. The Hall–Kier alpha value is -4.46. The van der Waals surface area contributed by atoms with Crippen LogP contribution in [0.5, 0.6) is 5.75 Å². The smallest absolute Gasteiger partial charge is 0.335 e. The van der Waals surface area contributed by atoms with E-state index in [0.717, 1.165) is 16.7 Å². The molecule has 3 N–H and O–H groups in total. The van der Waals surface area contributed by atoms with Crippen molar-refractivity contribution >= 4 is 34.7 Å². The van der Waals surface area contributed by atoms with Gasteiger partial charge in [0.05, 0.1) is 22.6 Å². The van der Waals surface area contributed by atoms with Crippen molar-refractivity contribution < 1.29 is 19.8 Å². The zero-order valence-electron chi connectivity index (χ0n) is 18.3. The first kappa shape index (κ1) is 21.8. The highest BCUT2D eigenvalue weighted by Gasteiger charge is 2.31. The van der Waals surface area contributed by atoms with Gasteiger partial charge in [0.1, 0.15) is 5.75 Å². The van der Waals surface area contributed by atoms with E-state index in [1.165, 1.54) is 23.2 Å². The summed E-state index contributed by atoms with van der Waals surface area (Å²) in [6.07, 6.45) is 0. The van der Waals surface area contributed by atoms with Crippen LogP contribution in [0.1, 0.15) is 28.4 Å². The van der Waals surface area contributed by atoms with Gasteiger partial charge >= 0.3 is 11.9 Å². The first-order chi connectivity index (χ1) is 15.7. The van der Waals surface area contributed by atoms with E-state index in [-0.39, 0.29) is 22.9 Å². The number of nitrogens with one attached hydrogen (secondary N) is 1. The van der Waals surface area contributed by atoms with Crippen molar-refractivity contribution in [3.05, 3.63) is 77.4 Å². The standard InChI is InChI=1S/C25H22N4O4/c1-14-4-10-20(12-15(14)2)29-24(31)23(16(3)28-29)27-26-21-11-9-19(13-22(21)30)17-5-7-18(8-6-17)25(32)33/h4-13,26,30H,1-3H3,(H,32,33)/b27-23+. The molecule has 4 rings (SSSR count). The molecule has 0 saturated carbocycles. The Bertz CT molecular complexity index is 1330. The van der Waals surface area contributed by atoms with Crippen molar-refractivity contribution in [1.29, 1.82) is 0 Å². The number of aromatic hydroxyl groups is 1. The fourth-order valence-corrected chi connectivity index (χ4v) is 3.39. The number of carboxylic acids is 1. The van der Waals surface area contributed by atoms with E-state index in [4.69, 9.17) is 5.11 Å². The minimum Gasteiger partial charge on any atom is -0.506 e. The number of aromatic carboxylic acids is 1. The number of phenols is 1. The van der Waals surface area contributed by atoms with Crippen molar-refractivity contribution in [2.24, 2.45) is 10.2 Å². The van der Waals surface area contributed by atoms with Crippen LogP contribution in [0.2, 0.25) is 0 Å². The van der Waals surface area contributed by atoms with Crippen LogP contribution in [-0.4, -0.2) is 33.5 Å². The minimum atomic E-state index is -1.00. The molecule has 8 heteroatoms. The summed E-state index contributed by atoms with van der Waals surface area (Å²) in [6.45, 7) is 5.67. The van der Waals surface area contributed by atoms with Gasteiger partial charge in [-0.05, 0) is 79.4 Å². The third-order valence-corrected chi connectivity index (χ3v) is 5.47. The van der Waals surface area contributed by atoms with Crippen LogP contribution in [0, 0.1) is 13.8 Å². The molecule has 0 aromatic heterocycles. The SMILES string of the molecule is CC1=NN(c2ccc(C)c(C)c2)C(=O)/C1=N/Nc1ccc(-c2ccc(C(=O)O)cc2)cc1O. The summed E-state index contributed by atoms with van der Waals surface area (Å²) in [4.78, 5) is 23.9. The van der Waals surface area contributed by atoms with Crippen LogP contribution in [0.15, 0.2) is 70.9 Å². The van der Waals surface area contributed by atoms with Gasteiger partial charge in [-0.3, -0.25) is 10.2 Å². The Morgan fingerprint density at radius 2 is 1.64 bits per heavy atom. The van der Waals surface area contributed by atoms with Crippen molar-refractivity contribution in [3.8, 4) is 16.9 Å². The Balaban J connectivity index is 1.52. The molecular weight excluding hydrogens is 420 g/mol. The zero-order chi connectivity index (χ0) is 23.7. The van der Waals surface area contributed by atoms with E-state index in [1.54, 1.807) is 31.2 Å². The van der Waals surface area contributed by atoms with E-state index < -0.39 is 5.97 Å². The van der Waals surface area contributed by atoms with Crippen LogP contribution >= 0.6 is 0 Å². The summed E-state index contributed by atoms with van der Waals surface area (Å²) >= 11 is 0. The molecule has 0 fully saturated rings. The number of amides is 1. The van der Waals surface area contributed by atoms with Gasteiger partial charge < -0.3 is 10.2 Å². The van der Waals surface area contributed by atoms with E-state index in [9.17, 15) is 14.7 Å². The van der Waals surface area contributed by atoms with E-state index in [0.29, 0.717) is 22.6 Å². The van der Waals surface area contributed by atoms with Crippen molar-refractivity contribution in [2.45, 2.75) is 20.8 Å². The third-order valence-electron chi connectivity index (χ3n) is 5.47. The quantitative estimate of drug-likeness (QED) is 0.396. The van der Waals surface area contributed by atoms with E-state index in [2.05, 4.69) is 15.6 Å². The summed E-state index contributed by atoms with van der Waals surface area (Å²) in [5, 5.41) is 29.3. The molecule has 0 atom stereocenters. The van der Waals surface area contributed by atoms with Gasteiger partial charge in [0, 0.05) is 0 Å². The predicted molar refractivity (Wildman–Crippen MR) is 128 cm³/mol. The number of hydrazone groups is 2. The van der Waals surface area contributed by atoms with Crippen LogP contribution in [-0.2, 0) is 4.79 Å². The van der Waals surface area contributed by atoms with Crippen molar-refractivity contribution in [2.75, 3.05) is 10.4 Å². The molecule has 0 aliphatic carbocycles. The van der Waals surface area contributed by atoms with Crippen molar-refractivity contribution in [3.63, 3.8) is 0 Å². The van der Waals surface area contributed by atoms with Gasteiger partial charge in [0.25, 0.3) is 0 Å². The second kappa shape index (κ2) is 8.58. The molecule has 0 bridgehead atoms. The van der Waals surface area contributed by atoms with E-state index >= 15 is 0 Å². The van der Waals surface area contributed by atoms with Gasteiger partial charge in [0.2, 0.25) is 0 Å². The van der Waals surface area contributed by atoms with Crippen molar-refractivity contribution in [1.82, 2.24) is 0 Å². The monoisotopic (exact) mass is 442 g/mol. The first-order valence-electron chi connectivity index (χ1n) is 10.2. The predicted octanol–water partition coefficient (Wildman–Crippen LogP) is 4.56. The van der Waals surface area contributed by atoms with Crippen LogP contribution in [0.25, 0.3) is 11.1 Å². The Kier molecular flexibility index (Phi) is 5.66. The van der Waals surface area contributed by atoms with Gasteiger partial charge in [-0.15, -0.1) is 0 Å². The molecule has 3 aromatic carbocycles. The van der Waals surface area contributed by atoms with Gasteiger partial charge in [0.15, 0.2) is 5.71 Å². The lowest BCUT2D eigenvalue weighted by Gasteiger charge is -2.13. The number of carboxylic acid groups (broad SMARTS) is 1. The molecule has 0 spiro atoms. The lowest BCUT2D eigenvalue weighted by atomic mass is 10.0. The van der Waals surface area contributed by atoms with Crippen LogP contribution in [0.4, 0.5) is 11.4 Å². The molecular formula is C25H22N4O4. The third kappa shape index (κ3) is 4.31.